The molecule has 0 unspecified atom stereocenters. The fraction of sp³-hybridized carbons (Fsp3) is 0.273. The summed E-state index contributed by atoms with van der Waals surface area (Å²) in [6, 6.07) is 5.58. The van der Waals surface area contributed by atoms with Crippen LogP contribution >= 0.6 is 0 Å². The van der Waals surface area contributed by atoms with Crippen LogP contribution in [0.5, 0.6) is 0 Å². The molecule has 1 aromatic carbocycles. The van der Waals surface area contributed by atoms with Gasteiger partial charge in [0.25, 0.3) is 0 Å². The molecule has 14 heavy (non-hydrogen) atoms. The standard InChI is InChI=1S/C11H14N2O/c1-9-4-5-10(7-14)11(6-9)12-8-13(2)3/h4-8H,1-3H3. The second-order valence-corrected chi connectivity index (χ2v) is 3.39. The first kappa shape index (κ1) is 10.4. The van der Waals surface area contributed by atoms with Crippen LogP contribution in [0.2, 0.25) is 0 Å². The predicted molar refractivity (Wildman–Crippen MR) is 58.4 cm³/mol. The summed E-state index contributed by atoms with van der Waals surface area (Å²) in [5.41, 5.74) is 2.43. The molecule has 1 aromatic rings. The fourth-order valence-corrected chi connectivity index (χ4v) is 1.04. The molecule has 0 aliphatic heterocycles. The Morgan fingerprint density at radius 3 is 2.64 bits per heavy atom. The third-order valence-electron chi connectivity index (χ3n) is 1.74. The summed E-state index contributed by atoms with van der Waals surface area (Å²) in [5, 5.41) is 0. The summed E-state index contributed by atoms with van der Waals surface area (Å²) >= 11 is 0. The molecule has 0 saturated heterocycles. The number of aliphatic imine (C=N–C) groups is 1. The van der Waals surface area contributed by atoms with Crippen LogP contribution in [0.4, 0.5) is 5.69 Å². The van der Waals surface area contributed by atoms with Crippen LogP contribution in [0.25, 0.3) is 0 Å². The minimum Gasteiger partial charge on any atom is -0.369 e. The van der Waals surface area contributed by atoms with Crippen molar-refractivity contribution < 1.29 is 4.79 Å². The second-order valence-electron chi connectivity index (χ2n) is 3.39. The van der Waals surface area contributed by atoms with E-state index in [1.54, 1.807) is 12.4 Å². The summed E-state index contributed by atoms with van der Waals surface area (Å²) in [7, 11) is 3.78. The van der Waals surface area contributed by atoms with Gasteiger partial charge in [-0.05, 0) is 24.6 Å². The minimum atomic E-state index is 0.619. The van der Waals surface area contributed by atoms with Gasteiger partial charge in [-0.2, -0.15) is 0 Å². The first-order chi connectivity index (χ1) is 6.63. The third kappa shape index (κ3) is 2.69. The van der Waals surface area contributed by atoms with Crippen molar-refractivity contribution in [1.82, 2.24) is 4.90 Å². The van der Waals surface area contributed by atoms with Crippen molar-refractivity contribution in [2.75, 3.05) is 14.1 Å². The van der Waals surface area contributed by atoms with E-state index < -0.39 is 0 Å². The van der Waals surface area contributed by atoms with Crippen LogP contribution in [0.3, 0.4) is 0 Å². The summed E-state index contributed by atoms with van der Waals surface area (Å²) in [5.74, 6) is 0. The van der Waals surface area contributed by atoms with Gasteiger partial charge in [0.2, 0.25) is 0 Å². The van der Waals surface area contributed by atoms with Gasteiger partial charge in [0, 0.05) is 19.7 Å². The fourth-order valence-electron chi connectivity index (χ4n) is 1.04. The summed E-state index contributed by atoms with van der Waals surface area (Å²) < 4.78 is 0. The molecule has 0 bridgehead atoms. The van der Waals surface area contributed by atoms with E-state index in [9.17, 15) is 4.79 Å². The van der Waals surface area contributed by atoms with Crippen LogP contribution < -0.4 is 0 Å². The highest BCUT2D eigenvalue weighted by molar-refractivity contribution is 5.84. The van der Waals surface area contributed by atoms with Gasteiger partial charge < -0.3 is 4.90 Å². The molecule has 0 saturated carbocycles. The molecule has 0 spiro atoms. The molecule has 0 amide bonds. The highest BCUT2D eigenvalue weighted by Gasteiger charge is 1.98. The maximum atomic E-state index is 10.7. The Hall–Kier alpha value is -1.64. The maximum absolute atomic E-state index is 10.7. The van der Waals surface area contributed by atoms with Gasteiger partial charge in [-0.15, -0.1) is 0 Å². The van der Waals surface area contributed by atoms with Gasteiger partial charge >= 0.3 is 0 Å². The summed E-state index contributed by atoms with van der Waals surface area (Å²) in [6.45, 7) is 1.98. The predicted octanol–water partition coefficient (Wildman–Crippen LogP) is 2.03. The average Bonchev–Trinajstić information content (AvgIpc) is 2.15. The van der Waals surface area contributed by atoms with Crippen molar-refractivity contribution in [2.24, 2.45) is 4.99 Å². The van der Waals surface area contributed by atoms with Gasteiger partial charge in [0.1, 0.15) is 0 Å². The van der Waals surface area contributed by atoms with Gasteiger partial charge in [-0.3, -0.25) is 4.79 Å². The normalized spacial score (nSPS) is 10.5. The van der Waals surface area contributed by atoms with E-state index in [0.717, 1.165) is 11.8 Å². The van der Waals surface area contributed by atoms with Crippen molar-refractivity contribution in [1.29, 1.82) is 0 Å². The molecule has 0 aliphatic carbocycles. The average molecular weight is 190 g/mol. The van der Waals surface area contributed by atoms with Gasteiger partial charge in [0.15, 0.2) is 6.29 Å². The third-order valence-corrected chi connectivity index (χ3v) is 1.74. The van der Waals surface area contributed by atoms with E-state index in [0.29, 0.717) is 11.3 Å². The number of rotatable bonds is 3. The monoisotopic (exact) mass is 190 g/mol. The molecule has 3 nitrogen and oxygen atoms in total. The van der Waals surface area contributed by atoms with Crippen LogP contribution in [0.1, 0.15) is 15.9 Å². The molecule has 0 heterocycles. The minimum absolute atomic E-state index is 0.619. The zero-order chi connectivity index (χ0) is 10.6. The van der Waals surface area contributed by atoms with Gasteiger partial charge in [0.05, 0.1) is 12.0 Å². The van der Waals surface area contributed by atoms with Crippen molar-refractivity contribution in [2.45, 2.75) is 6.92 Å². The van der Waals surface area contributed by atoms with E-state index in [-0.39, 0.29) is 0 Å². The van der Waals surface area contributed by atoms with Crippen molar-refractivity contribution in [3.63, 3.8) is 0 Å². The molecule has 3 heteroatoms. The molecule has 0 N–H and O–H groups in total. The molecule has 0 atom stereocenters. The van der Waals surface area contributed by atoms with E-state index >= 15 is 0 Å². The van der Waals surface area contributed by atoms with Crippen LogP contribution in [0, 0.1) is 6.92 Å². The van der Waals surface area contributed by atoms with Crippen molar-refractivity contribution >= 4 is 18.3 Å². The zero-order valence-electron chi connectivity index (χ0n) is 8.69. The van der Waals surface area contributed by atoms with Gasteiger partial charge in [-0.1, -0.05) is 6.07 Å². The zero-order valence-corrected chi connectivity index (χ0v) is 8.69. The van der Waals surface area contributed by atoms with Gasteiger partial charge in [-0.25, -0.2) is 4.99 Å². The Bertz CT molecular complexity index is 356. The molecular weight excluding hydrogens is 176 g/mol. The quantitative estimate of drug-likeness (QED) is 0.415. The Labute approximate surface area is 84.1 Å². The first-order valence-corrected chi connectivity index (χ1v) is 4.40. The number of hydrogen-bond donors (Lipinski definition) is 0. The number of aryl methyl sites for hydroxylation is 1. The van der Waals surface area contributed by atoms with Crippen molar-refractivity contribution in [3.05, 3.63) is 29.3 Å². The largest absolute Gasteiger partial charge is 0.369 e. The number of hydrogen-bond acceptors (Lipinski definition) is 2. The van der Waals surface area contributed by atoms with Crippen LogP contribution in [0.15, 0.2) is 23.2 Å². The number of aldehydes is 1. The summed E-state index contributed by atoms with van der Waals surface area (Å²) in [4.78, 5) is 16.7. The Balaban J connectivity index is 3.04. The second kappa shape index (κ2) is 4.56. The highest BCUT2D eigenvalue weighted by atomic mass is 16.1. The maximum Gasteiger partial charge on any atom is 0.152 e. The molecule has 0 fully saturated rings. The lowest BCUT2D eigenvalue weighted by Crippen LogP contribution is -2.07. The van der Waals surface area contributed by atoms with E-state index in [1.807, 2.05) is 38.1 Å². The molecule has 0 radical (unpaired) electrons. The number of carbonyl (C=O) groups excluding carboxylic acids is 1. The molecular formula is C11H14N2O. The van der Waals surface area contributed by atoms with E-state index in [1.165, 1.54) is 0 Å². The first-order valence-electron chi connectivity index (χ1n) is 4.40. The SMILES string of the molecule is Cc1ccc(C=O)c(N=CN(C)C)c1. The van der Waals surface area contributed by atoms with E-state index in [4.69, 9.17) is 0 Å². The smallest absolute Gasteiger partial charge is 0.152 e. The number of benzene rings is 1. The molecule has 0 aromatic heterocycles. The van der Waals surface area contributed by atoms with E-state index in [2.05, 4.69) is 4.99 Å². The topological polar surface area (TPSA) is 32.7 Å². The molecule has 74 valence electrons. The Morgan fingerprint density at radius 2 is 2.07 bits per heavy atom. The van der Waals surface area contributed by atoms with Crippen LogP contribution in [-0.4, -0.2) is 31.6 Å². The lowest BCUT2D eigenvalue weighted by molar-refractivity contribution is 0.112. The number of nitrogens with zero attached hydrogens (tertiary/aromatic N) is 2. The Kier molecular flexibility index (Phi) is 3.40. The lowest BCUT2D eigenvalue weighted by atomic mass is 10.1. The highest BCUT2D eigenvalue weighted by Crippen LogP contribution is 2.18. The summed E-state index contributed by atoms with van der Waals surface area (Å²) in [6.07, 6.45) is 2.50. The lowest BCUT2D eigenvalue weighted by Gasteiger charge is -2.04. The Morgan fingerprint density at radius 1 is 1.36 bits per heavy atom. The number of carbonyl (C=O) groups is 1. The van der Waals surface area contributed by atoms with Crippen molar-refractivity contribution in [3.8, 4) is 0 Å². The molecule has 0 aliphatic rings. The molecule has 1 rings (SSSR count). The van der Waals surface area contributed by atoms with Crippen LogP contribution in [-0.2, 0) is 0 Å².